The summed E-state index contributed by atoms with van der Waals surface area (Å²) in [7, 11) is 1.66. The standard InChI is InChI=1S/C15H22N2O3/c1-19-10-11-4-6-12(7-5-11)14(15(16)18)17-9-13-3-2-8-20-13/h4-7,13-14,17H,2-3,8-10H2,1H3,(H2,16,18). The maximum absolute atomic E-state index is 11.6. The molecule has 1 aliphatic heterocycles. The number of amides is 1. The number of hydrogen-bond donors (Lipinski definition) is 2. The number of nitrogens with two attached hydrogens (primary N) is 1. The molecule has 0 bridgehead atoms. The first-order chi connectivity index (χ1) is 9.70. The topological polar surface area (TPSA) is 73.6 Å². The summed E-state index contributed by atoms with van der Waals surface area (Å²) in [6.45, 7) is 2.01. The highest BCUT2D eigenvalue weighted by molar-refractivity contribution is 5.81. The number of carbonyl (C=O) groups is 1. The molecular formula is C15H22N2O3. The zero-order valence-corrected chi connectivity index (χ0v) is 11.8. The van der Waals surface area contributed by atoms with E-state index in [1.807, 2.05) is 24.3 Å². The van der Waals surface area contributed by atoms with Gasteiger partial charge in [-0.25, -0.2) is 0 Å². The molecule has 110 valence electrons. The molecule has 0 aliphatic carbocycles. The maximum atomic E-state index is 11.6. The summed E-state index contributed by atoms with van der Waals surface area (Å²) in [5.41, 5.74) is 7.42. The Balaban J connectivity index is 1.97. The van der Waals surface area contributed by atoms with Crippen molar-refractivity contribution >= 4 is 5.91 Å². The van der Waals surface area contributed by atoms with Crippen molar-refractivity contribution in [2.75, 3.05) is 20.3 Å². The van der Waals surface area contributed by atoms with Gasteiger partial charge in [0.2, 0.25) is 5.91 Å². The van der Waals surface area contributed by atoms with Gasteiger partial charge in [-0.3, -0.25) is 10.1 Å². The van der Waals surface area contributed by atoms with Crippen LogP contribution in [0.5, 0.6) is 0 Å². The Morgan fingerprint density at radius 3 is 2.80 bits per heavy atom. The minimum absolute atomic E-state index is 0.185. The number of nitrogens with one attached hydrogen (secondary N) is 1. The van der Waals surface area contributed by atoms with Gasteiger partial charge < -0.3 is 15.2 Å². The van der Waals surface area contributed by atoms with Crippen LogP contribution in [0.25, 0.3) is 0 Å². The average molecular weight is 278 g/mol. The summed E-state index contributed by atoms with van der Waals surface area (Å²) in [5, 5.41) is 3.20. The van der Waals surface area contributed by atoms with E-state index in [-0.39, 0.29) is 12.0 Å². The largest absolute Gasteiger partial charge is 0.380 e. The van der Waals surface area contributed by atoms with Gasteiger partial charge in [0.25, 0.3) is 0 Å². The molecule has 5 nitrogen and oxygen atoms in total. The number of methoxy groups -OCH3 is 1. The van der Waals surface area contributed by atoms with E-state index in [0.29, 0.717) is 13.2 Å². The van der Waals surface area contributed by atoms with Crippen LogP contribution in [0.4, 0.5) is 0 Å². The fourth-order valence-electron chi connectivity index (χ4n) is 2.41. The van der Waals surface area contributed by atoms with Crippen LogP contribution in [0.1, 0.15) is 30.0 Å². The van der Waals surface area contributed by atoms with Gasteiger partial charge in [0.1, 0.15) is 6.04 Å². The van der Waals surface area contributed by atoms with Gasteiger partial charge in [-0.05, 0) is 24.0 Å². The van der Waals surface area contributed by atoms with Gasteiger partial charge in [0.05, 0.1) is 12.7 Å². The van der Waals surface area contributed by atoms with Gasteiger partial charge in [0.15, 0.2) is 0 Å². The minimum atomic E-state index is -0.476. The third kappa shape index (κ3) is 4.03. The average Bonchev–Trinajstić information content (AvgIpc) is 2.94. The van der Waals surface area contributed by atoms with Crippen LogP contribution < -0.4 is 11.1 Å². The van der Waals surface area contributed by atoms with Crippen LogP contribution in [0.2, 0.25) is 0 Å². The highest BCUT2D eigenvalue weighted by Gasteiger charge is 2.21. The van der Waals surface area contributed by atoms with Crippen molar-refractivity contribution in [2.45, 2.75) is 31.6 Å². The molecule has 1 aromatic rings. The Morgan fingerprint density at radius 2 is 2.25 bits per heavy atom. The molecule has 3 N–H and O–H groups in total. The van der Waals surface area contributed by atoms with Gasteiger partial charge in [-0.1, -0.05) is 24.3 Å². The molecule has 20 heavy (non-hydrogen) atoms. The third-order valence-corrected chi connectivity index (χ3v) is 3.48. The fourth-order valence-corrected chi connectivity index (χ4v) is 2.41. The quantitative estimate of drug-likeness (QED) is 0.784. The van der Waals surface area contributed by atoms with Crippen LogP contribution in [0.15, 0.2) is 24.3 Å². The van der Waals surface area contributed by atoms with Crippen molar-refractivity contribution in [3.05, 3.63) is 35.4 Å². The molecule has 5 heteroatoms. The molecule has 1 heterocycles. The molecule has 1 amide bonds. The van der Waals surface area contributed by atoms with Crippen molar-refractivity contribution < 1.29 is 14.3 Å². The van der Waals surface area contributed by atoms with E-state index in [1.54, 1.807) is 7.11 Å². The van der Waals surface area contributed by atoms with Crippen LogP contribution in [-0.2, 0) is 20.9 Å². The minimum Gasteiger partial charge on any atom is -0.380 e. The second-order valence-corrected chi connectivity index (χ2v) is 5.05. The Bertz CT molecular complexity index is 427. The summed E-state index contributed by atoms with van der Waals surface area (Å²) < 4.78 is 10.6. The lowest BCUT2D eigenvalue weighted by atomic mass is 10.0. The third-order valence-electron chi connectivity index (χ3n) is 3.48. The lowest BCUT2D eigenvalue weighted by Gasteiger charge is -2.18. The van der Waals surface area contributed by atoms with Crippen molar-refractivity contribution in [3.8, 4) is 0 Å². The smallest absolute Gasteiger partial charge is 0.239 e. The molecule has 0 aromatic heterocycles. The molecule has 1 aromatic carbocycles. The van der Waals surface area contributed by atoms with Crippen LogP contribution in [0.3, 0.4) is 0 Å². The first-order valence-electron chi connectivity index (χ1n) is 6.93. The van der Waals surface area contributed by atoms with Gasteiger partial charge in [-0.2, -0.15) is 0 Å². The highest BCUT2D eigenvalue weighted by atomic mass is 16.5. The molecule has 0 saturated carbocycles. The van der Waals surface area contributed by atoms with Gasteiger partial charge in [-0.15, -0.1) is 0 Å². The van der Waals surface area contributed by atoms with E-state index in [0.717, 1.165) is 30.6 Å². The molecule has 0 radical (unpaired) electrons. The normalized spacial score (nSPS) is 19.9. The molecule has 1 fully saturated rings. The summed E-state index contributed by atoms with van der Waals surface area (Å²) in [6, 6.07) is 7.24. The number of rotatable bonds is 7. The van der Waals surface area contributed by atoms with Crippen LogP contribution in [-0.4, -0.2) is 32.3 Å². The monoisotopic (exact) mass is 278 g/mol. The number of primary amides is 1. The highest BCUT2D eigenvalue weighted by Crippen LogP contribution is 2.16. The lowest BCUT2D eigenvalue weighted by molar-refractivity contribution is -0.120. The van der Waals surface area contributed by atoms with E-state index in [9.17, 15) is 4.79 Å². The molecule has 2 atom stereocenters. The van der Waals surface area contributed by atoms with Crippen molar-refractivity contribution in [3.63, 3.8) is 0 Å². The number of carbonyl (C=O) groups excluding carboxylic acids is 1. The summed E-state index contributed by atoms with van der Waals surface area (Å²) in [6.07, 6.45) is 2.30. The Kier molecular flexibility index (Phi) is 5.52. The van der Waals surface area contributed by atoms with Gasteiger partial charge >= 0.3 is 0 Å². The maximum Gasteiger partial charge on any atom is 0.239 e. The predicted octanol–water partition coefficient (Wildman–Crippen LogP) is 1.13. The number of benzene rings is 1. The second-order valence-electron chi connectivity index (χ2n) is 5.05. The first-order valence-corrected chi connectivity index (χ1v) is 6.93. The Morgan fingerprint density at radius 1 is 1.50 bits per heavy atom. The molecule has 1 saturated heterocycles. The fraction of sp³-hybridized carbons (Fsp3) is 0.533. The van der Waals surface area contributed by atoms with E-state index in [1.165, 1.54) is 0 Å². The van der Waals surface area contributed by atoms with Crippen molar-refractivity contribution in [1.82, 2.24) is 5.32 Å². The second kappa shape index (κ2) is 7.38. The van der Waals surface area contributed by atoms with Crippen LogP contribution in [0, 0.1) is 0 Å². The number of ether oxygens (including phenoxy) is 2. The van der Waals surface area contributed by atoms with Crippen LogP contribution >= 0.6 is 0 Å². The molecule has 0 spiro atoms. The van der Waals surface area contributed by atoms with E-state index >= 15 is 0 Å². The molecular weight excluding hydrogens is 256 g/mol. The van der Waals surface area contributed by atoms with Crippen molar-refractivity contribution in [1.29, 1.82) is 0 Å². The summed E-state index contributed by atoms with van der Waals surface area (Å²) in [4.78, 5) is 11.6. The van der Waals surface area contributed by atoms with E-state index in [2.05, 4.69) is 5.32 Å². The lowest BCUT2D eigenvalue weighted by Crippen LogP contribution is -2.37. The van der Waals surface area contributed by atoms with Gasteiger partial charge in [0, 0.05) is 20.3 Å². The van der Waals surface area contributed by atoms with E-state index in [4.69, 9.17) is 15.2 Å². The predicted molar refractivity (Wildman–Crippen MR) is 76.1 cm³/mol. The molecule has 1 aliphatic rings. The van der Waals surface area contributed by atoms with E-state index < -0.39 is 6.04 Å². The summed E-state index contributed by atoms with van der Waals surface area (Å²) in [5.74, 6) is -0.373. The number of hydrogen-bond acceptors (Lipinski definition) is 4. The first kappa shape index (κ1) is 15.0. The Labute approximate surface area is 119 Å². The summed E-state index contributed by atoms with van der Waals surface area (Å²) >= 11 is 0. The Hall–Kier alpha value is -1.43. The molecule has 2 unspecified atom stereocenters. The van der Waals surface area contributed by atoms with Crippen molar-refractivity contribution in [2.24, 2.45) is 5.73 Å². The zero-order valence-electron chi connectivity index (χ0n) is 11.8. The zero-order chi connectivity index (χ0) is 14.4. The molecule has 2 rings (SSSR count). The SMILES string of the molecule is COCc1ccc(C(NCC2CCCO2)C(N)=O)cc1.